The first-order valence-corrected chi connectivity index (χ1v) is 11.5. The fourth-order valence-corrected chi connectivity index (χ4v) is 4.76. The molecule has 1 aliphatic rings. The van der Waals surface area contributed by atoms with Gasteiger partial charge in [-0.2, -0.15) is 0 Å². The van der Waals surface area contributed by atoms with Crippen LogP contribution < -0.4 is 16.8 Å². The zero-order valence-corrected chi connectivity index (χ0v) is 18.0. The number of carbonyl (C=O) groups excluding carboxylic acids is 1. The summed E-state index contributed by atoms with van der Waals surface area (Å²) in [6.45, 7) is 0.575. The Hall–Kier alpha value is -2.96. The number of pyridine rings is 2. The molecule has 4 rings (SSSR count). The maximum absolute atomic E-state index is 13.1. The summed E-state index contributed by atoms with van der Waals surface area (Å²) >= 11 is 0. The lowest BCUT2D eigenvalue weighted by Gasteiger charge is -2.21. The van der Waals surface area contributed by atoms with E-state index in [1.165, 1.54) is 61.8 Å². The molecule has 3 aromatic rings. The molecule has 1 fully saturated rings. The van der Waals surface area contributed by atoms with Crippen molar-refractivity contribution < 1.29 is 4.79 Å². The Morgan fingerprint density at radius 1 is 1.06 bits per heavy atom. The number of nitrogens with two attached hydrogens (primary N) is 1. The van der Waals surface area contributed by atoms with E-state index in [1.807, 2.05) is 6.07 Å². The molecular formula is C24H31N5O2. The zero-order valence-electron chi connectivity index (χ0n) is 18.0. The van der Waals surface area contributed by atoms with Crippen LogP contribution in [0.1, 0.15) is 74.6 Å². The number of fused-ring (bicyclic) bond motifs is 2. The van der Waals surface area contributed by atoms with E-state index in [2.05, 4.69) is 0 Å². The van der Waals surface area contributed by atoms with Gasteiger partial charge in [0.25, 0.3) is 11.5 Å². The van der Waals surface area contributed by atoms with Crippen molar-refractivity contribution in [2.45, 2.75) is 70.8 Å². The fraction of sp³-hybridized carbons (Fsp3) is 0.500. The van der Waals surface area contributed by atoms with E-state index in [-0.39, 0.29) is 16.6 Å². The topological polar surface area (TPSA) is 106 Å². The summed E-state index contributed by atoms with van der Waals surface area (Å²) in [5.41, 5.74) is 6.42. The monoisotopic (exact) mass is 421 g/mol. The Morgan fingerprint density at radius 2 is 1.71 bits per heavy atom. The Bertz CT molecular complexity index is 1200. The van der Waals surface area contributed by atoms with Crippen LogP contribution in [0.5, 0.6) is 0 Å². The van der Waals surface area contributed by atoms with Gasteiger partial charge < -0.3 is 10.3 Å². The largest absolute Gasteiger partial charge is 0.365 e. The van der Waals surface area contributed by atoms with Gasteiger partial charge in [0.15, 0.2) is 0 Å². The normalized spacial score (nSPS) is 16.9. The standard InChI is InChI=1S/C24H31N5O2/c25-21-18(22(26)30)15-19-23(27-20-13-9-10-14-28(20)24(19)31)29(21)16-17-11-7-5-3-1-2-4-6-8-12-17/h9-10,13-15,17,25H,1-8,11-12,16H2,(H2,26,30). The number of hydrogen-bond donors (Lipinski definition) is 2. The molecule has 1 amide bonds. The van der Waals surface area contributed by atoms with E-state index in [0.29, 0.717) is 29.1 Å². The van der Waals surface area contributed by atoms with Gasteiger partial charge in [-0.1, -0.05) is 57.4 Å². The lowest BCUT2D eigenvalue weighted by Crippen LogP contribution is -2.34. The van der Waals surface area contributed by atoms with Crippen molar-refractivity contribution in [3.63, 3.8) is 0 Å². The second-order valence-corrected chi connectivity index (χ2v) is 8.74. The molecule has 31 heavy (non-hydrogen) atoms. The summed E-state index contributed by atoms with van der Waals surface area (Å²) in [6, 6.07) is 6.82. The molecule has 164 valence electrons. The van der Waals surface area contributed by atoms with E-state index in [9.17, 15) is 9.59 Å². The molecule has 7 heteroatoms. The van der Waals surface area contributed by atoms with E-state index >= 15 is 0 Å². The fourth-order valence-electron chi connectivity index (χ4n) is 4.76. The lowest BCUT2D eigenvalue weighted by molar-refractivity contribution is 0.0998. The molecule has 0 unspecified atom stereocenters. The van der Waals surface area contributed by atoms with E-state index in [0.717, 1.165) is 12.8 Å². The molecule has 1 aliphatic carbocycles. The SMILES string of the molecule is N=c1c(C(N)=O)cc2c(=O)n3ccccc3nc2n1CC1CCCCCCCCCC1. The van der Waals surface area contributed by atoms with Gasteiger partial charge in [0.2, 0.25) is 0 Å². The molecule has 3 heterocycles. The summed E-state index contributed by atoms with van der Waals surface area (Å²) in [5.74, 6) is -0.310. The number of nitrogens with one attached hydrogen (secondary N) is 1. The molecule has 0 spiro atoms. The number of amides is 1. The van der Waals surface area contributed by atoms with Gasteiger partial charge in [-0.25, -0.2) is 4.98 Å². The van der Waals surface area contributed by atoms with E-state index < -0.39 is 5.91 Å². The predicted molar refractivity (Wildman–Crippen MR) is 121 cm³/mol. The highest BCUT2D eigenvalue weighted by Crippen LogP contribution is 2.23. The third-order valence-electron chi connectivity index (χ3n) is 6.50. The quantitative estimate of drug-likeness (QED) is 0.629. The first kappa shape index (κ1) is 21.3. The minimum atomic E-state index is -0.694. The molecule has 0 bridgehead atoms. The molecule has 3 aromatic heterocycles. The van der Waals surface area contributed by atoms with Gasteiger partial charge in [-0.15, -0.1) is 0 Å². The zero-order chi connectivity index (χ0) is 21.8. The number of aromatic nitrogens is 3. The van der Waals surface area contributed by atoms with Gasteiger partial charge in [-0.3, -0.25) is 19.4 Å². The van der Waals surface area contributed by atoms with Crippen molar-refractivity contribution in [1.82, 2.24) is 14.0 Å². The van der Waals surface area contributed by atoms with Gasteiger partial charge in [0, 0.05) is 12.7 Å². The van der Waals surface area contributed by atoms with Crippen LogP contribution in [0.15, 0.2) is 35.3 Å². The average Bonchev–Trinajstić information content (AvgIpc) is 2.82. The highest BCUT2D eigenvalue weighted by atomic mass is 16.1. The lowest BCUT2D eigenvalue weighted by atomic mass is 9.95. The Labute approximate surface area is 181 Å². The molecular weight excluding hydrogens is 390 g/mol. The predicted octanol–water partition coefficient (Wildman–Crippen LogP) is 3.76. The second kappa shape index (κ2) is 9.45. The van der Waals surface area contributed by atoms with Crippen LogP contribution in [0.3, 0.4) is 0 Å². The smallest absolute Gasteiger partial charge is 0.267 e. The summed E-state index contributed by atoms with van der Waals surface area (Å²) in [6.07, 6.45) is 13.9. The molecule has 3 N–H and O–H groups in total. The first-order chi connectivity index (χ1) is 15.1. The maximum atomic E-state index is 13.1. The minimum Gasteiger partial charge on any atom is -0.365 e. The number of nitrogens with zero attached hydrogens (tertiary/aromatic N) is 3. The van der Waals surface area contributed by atoms with Crippen molar-refractivity contribution in [1.29, 1.82) is 5.41 Å². The first-order valence-electron chi connectivity index (χ1n) is 11.5. The van der Waals surface area contributed by atoms with Crippen molar-refractivity contribution >= 4 is 22.6 Å². The molecule has 0 radical (unpaired) electrons. The second-order valence-electron chi connectivity index (χ2n) is 8.74. The number of carbonyl (C=O) groups is 1. The minimum absolute atomic E-state index is 0.0431. The highest BCUT2D eigenvalue weighted by molar-refractivity contribution is 5.95. The third-order valence-corrected chi connectivity index (χ3v) is 6.50. The van der Waals surface area contributed by atoms with Crippen LogP contribution in [-0.2, 0) is 6.54 Å². The van der Waals surface area contributed by atoms with Crippen LogP contribution in [0, 0.1) is 11.3 Å². The summed E-state index contributed by atoms with van der Waals surface area (Å²) in [5, 5.41) is 9.00. The average molecular weight is 422 g/mol. The number of primary amides is 1. The number of hydrogen-bond acceptors (Lipinski definition) is 4. The van der Waals surface area contributed by atoms with Crippen LogP contribution in [-0.4, -0.2) is 19.9 Å². The Morgan fingerprint density at radius 3 is 2.35 bits per heavy atom. The van der Waals surface area contributed by atoms with Crippen molar-refractivity contribution in [2.75, 3.05) is 0 Å². The molecule has 7 nitrogen and oxygen atoms in total. The van der Waals surface area contributed by atoms with Crippen molar-refractivity contribution in [3.05, 3.63) is 51.9 Å². The van der Waals surface area contributed by atoms with Gasteiger partial charge in [0.1, 0.15) is 16.8 Å². The molecule has 1 saturated carbocycles. The third kappa shape index (κ3) is 4.55. The molecule has 0 aliphatic heterocycles. The van der Waals surface area contributed by atoms with Crippen LogP contribution in [0.2, 0.25) is 0 Å². The number of rotatable bonds is 3. The summed E-state index contributed by atoms with van der Waals surface area (Å²) < 4.78 is 3.21. The highest BCUT2D eigenvalue weighted by Gasteiger charge is 2.19. The van der Waals surface area contributed by atoms with Gasteiger partial charge >= 0.3 is 0 Å². The van der Waals surface area contributed by atoms with Crippen LogP contribution in [0.4, 0.5) is 0 Å². The van der Waals surface area contributed by atoms with E-state index in [1.54, 1.807) is 22.9 Å². The molecule has 0 atom stereocenters. The van der Waals surface area contributed by atoms with Gasteiger partial charge in [0.05, 0.1) is 10.9 Å². The molecule has 0 aromatic carbocycles. The summed E-state index contributed by atoms with van der Waals surface area (Å²) in [4.78, 5) is 29.9. The Kier molecular flexibility index (Phi) is 6.49. The van der Waals surface area contributed by atoms with Crippen molar-refractivity contribution in [2.24, 2.45) is 11.7 Å². The van der Waals surface area contributed by atoms with Crippen LogP contribution >= 0.6 is 0 Å². The Balaban J connectivity index is 1.82. The van der Waals surface area contributed by atoms with Crippen molar-refractivity contribution in [3.8, 4) is 0 Å². The molecule has 0 saturated heterocycles. The summed E-state index contributed by atoms with van der Waals surface area (Å²) in [7, 11) is 0. The van der Waals surface area contributed by atoms with Crippen LogP contribution in [0.25, 0.3) is 16.7 Å². The van der Waals surface area contributed by atoms with E-state index in [4.69, 9.17) is 16.1 Å². The van der Waals surface area contributed by atoms with Gasteiger partial charge in [-0.05, 0) is 37.0 Å². The maximum Gasteiger partial charge on any atom is 0.267 e.